The van der Waals surface area contributed by atoms with Gasteiger partial charge in [0.2, 0.25) is 0 Å². The van der Waals surface area contributed by atoms with Crippen LogP contribution >= 0.6 is 11.6 Å². The van der Waals surface area contributed by atoms with Crippen LogP contribution in [0.3, 0.4) is 0 Å². The van der Waals surface area contributed by atoms with E-state index in [2.05, 4.69) is 0 Å². The van der Waals surface area contributed by atoms with E-state index in [1.165, 1.54) is 6.07 Å². The summed E-state index contributed by atoms with van der Waals surface area (Å²) in [7, 11) is 0. The molecule has 0 aliphatic rings. The standard InChI is InChI=1S/C20H16ClFO/c1-2-23-17-12-8-14(9-13-17)18-4-3-5-19(22)20(18)15-6-10-16(21)11-7-15/h3-13H,2H2,1H3. The van der Waals surface area contributed by atoms with Crippen LogP contribution in [0.5, 0.6) is 5.75 Å². The third-order valence-electron chi connectivity index (χ3n) is 3.62. The molecule has 0 saturated carbocycles. The lowest BCUT2D eigenvalue weighted by molar-refractivity contribution is 0.340. The van der Waals surface area contributed by atoms with Gasteiger partial charge in [-0.2, -0.15) is 0 Å². The maximum absolute atomic E-state index is 14.5. The van der Waals surface area contributed by atoms with Gasteiger partial charge in [-0.1, -0.05) is 48.0 Å². The first-order valence-corrected chi connectivity index (χ1v) is 7.84. The molecule has 0 radical (unpaired) electrons. The smallest absolute Gasteiger partial charge is 0.131 e. The molecule has 0 atom stereocenters. The zero-order valence-electron chi connectivity index (χ0n) is 12.7. The van der Waals surface area contributed by atoms with E-state index in [0.717, 1.165) is 22.4 Å². The van der Waals surface area contributed by atoms with E-state index in [1.807, 2.05) is 49.4 Å². The Morgan fingerprint density at radius 3 is 2.17 bits per heavy atom. The van der Waals surface area contributed by atoms with Gasteiger partial charge in [-0.05, 0) is 53.9 Å². The zero-order valence-corrected chi connectivity index (χ0v) is 13.5. The highest BCUT2D eigenvalue weighted by molar-refractivity contribution is 6.30. The third-order valence-corrected chi connectivity index (χ3v) is 3.87. The van der Waals surface area contributed by atoms with Gasteiger partial charge in [0, 0.05) is 10.6 Å². The van der Waals surface area contributed by atoms with Gasteiger partial charge < -0.3 is 4.74 Å². The summed E-state index contributed by atoms with van der Waals surface area (Å²) < 4.78 is 19.9. The molecule has 0 bridgehead atoms. The summed E-state index contributed by atoms with van der Waals surface area (Å²) in [6.45, 7) is 2.56. The van der Waals surface area contributed by atoms with Gasteiger partial charge in [-0.25, -0.2) is 4.39 Å². The minimum Gasteiger partial charge on any atom is -0.494 e. The number of halogens is 2. The van der Waals surface area contributed by atoms with E-state index in [4.69, 9.17) is 16.3 Å². The van der Waals surface area contributed by atoms with Gasteiger partial charge in [0.1, 0.15) is 11.6 Å². The fourth-order valence-corrected chi connectivity index (χ4v) is 2.70. The molecule has 0 N–H and O–H groups in total. The second-order valence-corrected chi connectivity index (χ2v) is 5.56. The van der Waals surface area contributed by atoms with Gasteiger partial charge in [-0.3, -0.25) is 0 Å². The van der Waals surface area contributed by atoms with Crippen molar-refractivity contribution >= 4 is 11.6 Å². The van der Waals surface area contributed by atoms with E-state index in [9.17, 15) is 4.39 Å². The summed E-state index contributed by atoms with van der Waals surface area (Å²) >= 11 is 5.94. The number of ether oxygens (including phenoxy) is 1. The summed E-state index contributed by atoms with van der Waals surface area (Å²) in [6.07, 6.45) is 0. The summed E-state index contributed by atoms with van der Waals surface area (Å²) in [5, 5.41) is 0.632. The molecule has 0 aliphatic carbocycles. The van der Waals surface area contributed by atoms with Gasteiger partial charge in [-0.15, -0.1) is 0 Å². The average Bonchev–Trinajstić information content (AvgIpc) is 2.57. The van der Waals surface area contributed by atoms with Crippen LogP contribution in [0.2, 0.25) is 5.02 Å². The summed E-state index contributed by atoms with van der Waals surface area (Å²) in [5.74, 6) is 0.555. The Morgan fingerprint density at radius 2 is 1.52 bits per heavy atom. The summed E-state index contributed by atoms with van der Waals surface area (Å²) in [5.41, 5.74) is 3.16. The van der Waals surface area contributed by atoms with Crippen molar-refractivity contribution in [1.82, 2.24) is 0 Å². The van der Waals surface area contributed by atoms with Crippen molar-refractivity contribution in [3.8, 4) is 28.0 Å². The monoisotopic (exact) mass is 326 g/mol. The molecule has 0 aliphatic heterocycles. The zero-order chi connectivity index (χ0) is 16.2. The van der Waals surface area contributed by atoms with Crippen LogP contribution in [0, 0.1) is 5.82 Å². The van der Waals surface area contributed by atoms with Crippen LogP contribution in [0.15, 0.2) is 66.7 Å². The minimum absolute atomic E-state index is 0.251. The molecule has 0 heterocycles. The number of benzene rings is 3. The van der Waals surface area contributed by atoms with Crippen LogP contribution in [-0.4, -0.2) is 6.61 Å². The fraction of sp³-hybridized carbons (Fsp3) is 0.100. The second kappa shape index (κ2) is 6.84. The highest BCUT2D eigenvalue weighted by Gasteiger charge is 2.12. The molecule has 0 aromatic heterocycles. The largest absolute Gasteiger partial charge is 0.494 e. The van der Waals surface area contributed by atoms with Gasteiger partial charge in [0.15, 0.2) is 0 Å². The molecule has 23 heavy (non-hydrogen) atoms. The van der Waals surface area contributed by atoms with Crippen molar-refractivity contribution in [1.29, 1.82) is 0 Å². The Bertz CT molecular complexity index is 795. The molecular weight excluding hydrogens is 311 g/mol. The normalized spacial score (nSPS) is 10.6. The van der Waals surface area contributed by atoms with E-state index < -0.39 is 0 Å². The van der Waals surface area contributed by atoms with Crippen molar-refractivity contribution in [3.63, 3.8) is 0 Å². The van der Waals surface area contributed by atoms with E-state index in [-0.39, 0.29) is 5.82 Å². The molecule has 3 rings (SSSR count). The molecule has 0 spiro atoms. The molecule has 0 saturated heterocycles. The van der Waals surface area contributed by atoms with Gasteiger partial charge in [0.25, 0.3) is 0 Å². The van der Waals surface area contributed by atoms with Crippen LogP contribution in [0.4, 0.5) is 4.39 Å². The van der Waals surface area contributed by atoms with Crippen molar-refractivity contribution in [2.75, 3.05) is 6.61 Å². The first-order valence-electron chi connectivity index (χ1n) is 7.46. The molecule has 3 aromatic rings. The highest BCUT2D eigenvalue weighted by Crippen LogP contribution is 2.35. The number of rotatable bonds is 4. The quantitative estimate of drug-likeness (QED) is 0.553. The van der Waals surface area contributed by atoms with E-state index in [0.29, 0.717) is 17.2 Å². The van der Waals surface area contributed by atoms with E-state index in [1.54, 1.807) is 18.2 Å². The lowest BCUT2D eigenvalue weighted by atomic mass is 9.94. The van der Waals surface area contributed by atoms with Gasteiger partial charge >= 0.3 is 0 Å². The summed E-state index contributed by atoms with van der Waals surface area (Å²) in [4.78, 5) is 0. The Kier molecular flexibility index (Phi) is 4.63. The molecule has 116 valence electrons. The molecule has 0 unspecified atom stereocenters. The Hall–Kier alpha value is -2.32. The SMILES string of the molecule is CCOc1ccc(-c2cccc(F)c2-c2ccc(Cl)cc2)cc1. The molecule has 0 fully saturated rings. The first-order chi connectivity index (χ1) is 11.2. The number of hydrogen-bond acceptors (Lipinski definition) is 1. The maximum atomic E-state index is 14.5. The lowest BCUT2D eigenvalue weighted by Crippen LogP contribution is -1.92. The summed E-state index contributed by atoms with van der Waals surface area (Å²) in [6, 6.07) is 20.0. The van der Waals surface area contributed by atoms with Crippen molar-refractivity contribution < 1.29 is 9.13 Å². The third kappa shape index (κ3) is 3.38. The number of hydrogen-bond donors (Lipinski definition) is 0. The lowest BCUT2D eigenvalue weighted by Gasteiger charge is -2.12. The molecule has 0 amide bonds. The second-order valence-electron chi connectivity index (χ2n) is 5.13. The van der Waals surface area contributed by atoms with E-state index >= 15 is 0 Å². The van der Waals surface area contributed by atoms with Crippen molar-refractivity contribution in [2.45, 2.75) is 6.92 Å². The van der Waals surface area contributed by atoms with Crippen LogP contribution < -0.4 is 4.74 Å². The molecule has 3 aromatic carbocycles. The van der Waals surface area contributed by atoms with Gasteiger partial charge in [0.05, 0.1) is 6.61 Å². The average molecular weight is 327 g/mol. The topological polar surface area (TPSA) is 9.23 Å². The fourth-order valence-electron chi connectivity index (χ4n) is 2.57. The maximum Gasteiger partial charge on any atom is 0.131 e. The van der Waals surface area contributed by atoms with Crippen molar-refractivity contribution in [3.05, 3.63) is 77.6 Å². The molecular formula is C20H16ClFO. The Labute approximate surface area is 140 Å². The first kappa shape index (κ1) is 15.6. The van der Waals surface area contributed by atoms with Crippen LogP contribution in [0.1, 0.15) is 6.92 Å². The Balaban J connectivity index is 2.09. The van der Waals surface area contributed by atoms with Crippen molar-refractivity contribution in [2.24, 2.45) is 0 Å². The van der Waals surface area contributed by atoms with Crippen LogP contribution in [0.25, 0.3) is 22.3 Å². The molecule has 3 heteroatoms. The highest BCUT2D eigenvalue weighted by atomic mass is 35.5. The predicted octanol–water partition coefficient (Wildman–Crippen LogP) is 6.21. The molecule has 1 nitrogen and oxygen atoms in total. The Morgan fingerprint density at radius 1 is 0.870 bits per heavy atom. The van der Waals surface area contributed by atoms with Crippen LogP contribution in [-0.2, 0) is 0 Å². The predicted molar refractivity (Wildman–Crippen MR) is 93.5 cm³/mol. The minimum atomic E-state index is -0.251.